The molecule has 156 valence electrons. The second-order valence-electron chi connectivity index (χ2n) is 7.19. The van der Waals surface area contributed by atoms with Crippen molar-refractivity contribution in [2.24, 2.45) is 7.05 Å². The van der Waals surface area contributed by atoms with Crippen LogP contribution in [0.15, 0.2) is 59.1 Å². The van der Waals surface area contributed by atoms with Crippen molar-refractivity contribution in [3.8, 4) is 22.4 Å². The zero-order valence-corrected chi connectivity index (χ0v) is 18.8. The third-order valence-electron chi connectivity index (χ3n) is 5.04. The standard InChI is InChI=1S/C23H21N5OS2/c1-28-13-16-10-15(12-25-21(16)27-28)18-11-17(14-6-4-3-5-7-14)19-20(24)23(30-9-8-29-2)31-22(19)26-18/h3-7,10-13H,8-9,24H2,1-2H3. The van der Waals surface area contributed by atoms with Gasteiger partial charge in [0.05, 0.1) is 22.2 Å². The number of nitrogen functional groups attached to an aromatic ring is 1. The molecule has 4 aromatic heterocycles. The molecule has 31 heavy (non-hydrogen) atoms. The number of anilines is 1. The monoisotopic (exact) mass is 447 g/mol. The molecule has 2 N–H and O–H groups in total. The van der Waals surface area contributed by atoms with Gasteiger partial charge in [-0.3, -0.25) is 4.68 Å². The predicted molar refractivity (Wildman–Crippen MR) is 130 cm³/mol. The molecule has 0 fully saturated rings. The number of fused-ring (bicyclic) bond motifs is 2. The highest BCUT2D eigenvalue weighted by Gasteiger charge is 2.18. The number of ether oxygens (including phenoxy) is 1. The number of nitrogens with two attached hydrogens (primary N) is 1. The molecule has 5 rings (SSSR count). The van der Waals surface area contributed by atoms with Crippen molar-refractivity contribution in [2.45, 2.75) is 4.21 Å². The van der Waals surface area contributed by atoms with Crippen LogP contribution in [0.5, 0.6) is 0 Å². The molecule has 0 unspecified atom stereocenters. The van der Waals surface area contributed by atoms with E-state index >= 15 is 0 Å². The first-order valence-corrected chi connectivity index (χ1v) is 11.6. The number of pyridine rings is 2. The highest BCUT2D eigenvalue weighted by Crippen LogP contribution is 2.45. The van der Waals surface area contributed by atoms with Crippen LogP contribution in [0, 0.1) is 0 Å². The Hall–Kier alpha value is -2.94. The van der Waals surface area contributed by atoms with E-state index < -0.39 is 0 Å². The van der Waals surface area contributed by atoms with Crippen molar-refractivity contribution in [3.63, 3.8) is 0 Å². The number of benzene rings is 1. The molecule has 1 aromatic carbocycles. The van der Waals surface area contributed by atoms with Crippen LogP contribution in [0.4, 0.5) is 5.69 Å². The minimum atomic E-state index is 0.680. The SMILES string of the molecule is COCCSc1sc2nc(-c3cnc4nn(C)cc4c3)cc(-c3ccccc3)c2c1N. The van der Waals surface area contributed by atoms with Crippen LogP contribution in [0.25, 0.3) is 43.6 Å². The number of aromatic nitrogens is 4. The molecule has 0 spiro atoms. The summed E-state index contributed by atoms with van der Waals surface area (Å²) in [6.07, 6.45) is 3.81. The predicted octanol–water partition coefficient (Wildman–Crippen LogP) is 5.23. The van der Waals surface area contributed by atoms with Gasteiger partial charge in [0.2, 0.25) is 0 Å². The minimum Gasteiger partial charge on any atom is -0.397 e. The fourth-order valence-electron chi connectivity index (χ4n) is 3.59. The highest BCUT2D eigenvalue weighted by atomic mass is 32.2. The molecule has 6 nitrogen and oxygen atoms in total. The van der Waals surface area contributed by atoms with Crippen LogP contribution in [0.1, 0.15) is 0 Å². The second kappa shape index (κ2) is 8.30. The normalized spacial score (nSPS) is 11.5. The Morgan fingerprint density at radius 1 is 1.16 bits per heavy atom. The lowest BCUT2D eigenvalue weighted by Crippen LogP contribution is -1.93. The molecule has 5 aromatic rings. The number of thiophene rings is 1. The summed E-state index contributed by atoms with van der Waals surface area (Å²) in [5, 5.41) is 6.37. The van der Waals surface area contributed by atoms with E-state index in [9.17, 15) is 0 Å². The lowest BCUT2D eigenvalue weighted by atomic mass is 10.0. The molecule has 0 aliphatic carbocycles. The number of methoxy groups -OCH3 is 1. The van der Waals surface area contributed by atoms with Gasteiger partial charge in [0, 0.05) is 48.6 Å². The van der Waals surface area contributed by atoms with E-state index in [0.717, 1.165) is 59.3 Å². The van der Waals surface area contributed by atoms with Crippen LogP contribution in [0.2, 0.25) is 0 Å². The Morgan fingerprint density at radius 2 is 2.00 bits per heavy atom. The molecule has 0 saturated carbocycles. The Kier molecular flexibility index (Phi) is 5.35. The first-order chi connectivity index (χ1) is 15.1. The maximum Gasteiger partial charge on any atom is 0.181 e. The molecular weight excluding hydrogens is 426 g/mol. The second-order valence-corrected chi connectivity index (χ2v) is 9.55. The van der Waals surface area contributed by atoms with Crippen molar-refractivity contribution in [1.82, 2.24) is 19.7 Å². The maximum absolute atomic E-state index is 6.61. The topological polar surface area (TPSA) is 78.9 Å². The van der Waals surface area contributed by atoms with Gasteiger partial charge >= 0.3 is 0 Å². The molecule has 0 aliphatic rings. The van der Waals surface area contributed by atoms with Gasteiger partial charge in [0.15, 0.2) is 5.65 Å². The first-order valence-electron chi connectivity index (χ1n) is 9.84. The van der Waals surface area contributed by atoms with E-state index in [4.69, 9.17) is 15.5 Å². The number of aryl methyl sites for hydroxylation is 1. The van der Waals surface area contributed by atoms with Gasteiger partial charge in [-0.1, -0.05) is 30.3 Å². The summed E-state index contributed by atoms with van der Waals surface area (Å²) in [4.78, 5) is 10.4. The third-order valence-corrected chi connectivity index (χ3v) is 7.39. The Bertz CT molecular complexity index is 1380. The quantitative estimate of drug-likeness (QED) is 0.284. The molecule has 0 amide bonds. The fraction of sp³-hybridized carbons (Fsp3) is 0.174. The summed E-state index contributed by atoms with van der Waals surface area (Å²) >= 11 is 3.35. The molecule has 0 atom stereocenters. The summed E-state index contributed by atoms with van der Waals surface area (Å²) in [6.45, 7) is 0.680. The molecule has 0 radical (unpaired) electrons. The van der Waals surface area contributed by atoms with Crippen molar-refractivity contribution in [1.29, 1.82) is 0 Å². The zero-order valence-electron chi connectivity index (χ0n) is 17.2. The Morgan fingerprint density at radius 3 is 2.81 bits per heavy atom. The van der Waals surface area contributed by atoms with Crippen LogP contribution in [-0.2, 0) is 11.8 Å². The smallest absolute Gasteiger partial charge is 0.181 e. The van der Waals surface area contributed by atoms with E-state index in [-0.39, 0.29) is 0 Å². The first kappa shape index (κ1) is 20.0. The Balaban J connectivity index is 1.70. The van der Waals surface area contributed by atoms with Crippen molar-refractivity contribution in [2.75, 3.05) is 25.2 Å². The zero-order chi connectivity index (χ0) is 21.4. The molecule has 0 aliphatic heterocycles. The fourth-order valence-corrected chi connectivity index (χ4v) is 5.86. The number of hydrogen-bond acceptors (Lipinski definition) is 7. The van der Waals surface area contributed by atoms with Crippen LogP contribution in [-0.4, -0.2) is 39.2 Å². The van der Waals surface area contributed by atoms with Crippen LogP contribution in [0.3, 0.4) is 0 Å². The molecule has 0 bridgehead atoms. The molecule has 4 heterocycles. The minimum absolute atomic E-state index is 0.680. The van der Waals surface area contributed by atoms with E-state index in [1.54, 1.807) is 34.9 Å². The molecular formula is C23H21N5OS2. The van der Waals surface area contributed by atoms with Crippen molar-refractivity contribution < 1.29 is 4.74 Å². The highest BCUT2D eigenvalue weighted by molar-refractivity contribution is 8.01. The van der Waals surface area contributed by atoms with Gasteiger partial charge in [-0.15, -0.1) is 23.1 Å². The average molecular weight is 448 g/mol. The maximum atomic E-state index is 6.61. The number of nitrogens with zero attached hydrogens (tertiary/aromatic N) is 4. The van der Waals surface area contributed by atoms with Gasteiger partial charge in [0.25, 0.3) is 0 Å². The molecule has 0 saturated heterocycles. The van der Waals surface area contributed by atoms with E-state index in [1.807, 2.05) is 37.6 Å². The summed E-state index contributed by atoms with van der Waals surface area (Å²) < 4.78 is 8.05. The van der Waals surface area contributed by atoms with Crippen LogP contribution < -0.4 is 5.73 Å². The molecule has 8 heteroatoms. The largest absolute Gasteiger partial charge is 0.397 e. The van der Waals surface area contributed by atoms with Gasteiger partial charge in [-0.25, -0.2) is 9.97 Å². The van der Waals surface area contributed by atoms with Gasteiger partial charge in [0.1, 0.15) is 4.83 Å². The van der Waals surface area contributed by atoms with Crippen molar-refractivity contribution >= 4 is 50.0 Å². The summed E-state index contributed by atoms with van der Waals surface area (Å²) in [7, 11) is 3.61. The van der Waals surface area contributed by atoms with E-state index in [2.05, 4.69) is 34.3 Å². The van der Waals surface area contributed by atoms with Gasteiger partial charge < -0.3 is 10.5 Å². The van der Waals surface area contributed by atoms with Crippen molar-refractivity contribution in [3.05, 3.63) is 54.9 Å². The number of hydrogen-bond donors (Lipinski definition) is 1. The number of rotatable bonds is 6. The van der Waals surface area contributed by atoms with E-state index in [1.165, 1.54) is 0 Å². The summed E-state index contributed by atoms with van der Waals surface area (Å²) in [6, 6.07) is 14.5. The van der Waals surface area contributed by atoms with Gasteiger partial charge in [-0.2, -0.15) is 5.10 Å². The third kappa shape index (κ3) is 3.78. The Labute approximate surface area is 188 Å². The van der Waals surface area contributed by atoms with Gasteiger partial charge in [-0.05, 0) is 23.3 Å². The lowest BCUT2D eigenvalue weighted by Gasteiger charge is -2.09. The average Bonchev–Trinajstić information content (AvgIpc) is 3.32. The van der Waals surface area contributed by atoms with Crippen LogP contribution >= 0.6 is 23.1 Å². The summed E-state index contributed by atoms with van der Waals surface area (Å²) in [5.74, 6) is 0.850. The van der Waals surface area contributed by atoms with E-state index in [0.29, 0.717) is 6.61 Å². The summed E-state index contributed by atoms with van der Waals surface area (Å²) in [5.41, 5.74) is 12.2. The lowest BCUT2D eigenvalue weighted by molar-refractivity contribution is 0.218. The number of thioether (sulfide) groups is 1.